The monoisotopic (exact) mass is 283 g/mol. The molecular formula is C16H29NO3. The Hall–Kier alpha value is -0.900. The number of Topliss-reactive ketones (excluding diaryl/α,β-unsaturated/α-hetero) is 1. The van der Waals surface area contributed by atoms with Crippen LogP contribution in [0.3, 0.4) is 0 Å². The SMILES string of the molecule is CC(C)NC(C)C.COC(=O)C1CC2CCC1CC2=O. The average molecular weight is 283 g/mol. The number of hydrogen-bond donors (Lipinski definition) is 1. The Bertz CT molecular complexity index is 333. The summed E-state index contributed by atoms with van der Waals surface area (Å²) in [7, 11) is 1.42. The van der Waals surface area contributed by atoms with Crippen molar-refractivity contribution in [2.75, 3.05) is 7.11 Å². The van der Waals surface area contributed by atoms with Crippen LogP contribution in [-0.4, -0.2) is 30.9 Å². The number of nitrogens with one attached hydrogen (secondary N) is 1. The second-order valence-electron chi connectivity index (χ2n) is 6.55. The molecule has 0 radical (unpaired) electrons. The van der Waals surface area contributed by atoms with Gasteiger partial charge in [-0.25, -0.2) is 0 Å². The van der Waals surface area contributed by atoms with Gasteiger partial charge in [0.25, 0.3) is 0 Å². The first-order valence-electron chi connectivity index (χ1n) is 7.71. The van der Waals surface area contributed by atoms with Gasteiger partial charge in [-0.05, 0) is 25.2 Å². The van der Waals surface area contributed by atoms with Crippen molar-refractivity contribution in [3.63, 3.8) is 0 Å². The molecule has 0 aromatic carbocycles. The van der Waals surface area contributed by atoms with Crippen LogP contribution in [0.2, 0.25) is 0 Å². The number of hydrogen-bond acceptors (Lipinski definition) is 4. The maximum atomic E-state index is 11.4. The first-order chi connectivity index (χ1) is 9.35. The largest absolute Gasteiger partial charge is 0.469 e. The molecule has 20 heavy (non-hydrogen) atoms. The lowest BCUT2D eigenvalue weighted by Crippen LogP contribution is -2.41. The Morgan fingerprint density at radius 3 is 2.10 bits per heavy atom. The van der Waals surface area contributed by atoms with Crippen LogP contribution >= 0.6 is 0 Å². The van der Waals surface area contributed by atoms with E-state index in [1.54, 1.807) is 0 Å². The Kier molecular flexibility index (Phi) is 6.66. The van der Waals surface area contributed by atoms with Gasteiger partial charge in [-0.1, -0.05) is 27.7 Å². The van der Waals surface area contributed by atoms with Crippen LogP contribution in [0.25, 0.3) is 0 Å². The highest BCUT2D eigenvalue weighted by atomic mass is 16.5. The van der Waals surface area contributed by atoms with Gasteiger partial charge >= 0.3 is 5.97 Å². The molecule has 0 aromatic rings. The third-order valence-corrected chi connectivity index (χ3v) is 4.08. The van der Waals surface area contributed by atoms with E-state index in [1.165, 1.54) is 7.11 Å². The van der Waals surface area contributed by atoms with E-state index in [9.17, 15) is 9.59 Å². The van der Waals surface area contributed by atoms with Crippen molar-refractivity contribution < 1.29 is 14.3 Å². The normalized spacial score (nSPS) is 28.4. The predicted octanol–water partition coefficient (Wildman–Crippen LogP) is 2.56. The molecule has 3 saturated carbocycles. The standard InChI is InChI=1S/C10H14O3.C6H15N/c1-13-10(12)8-4-7-3-2-6(8)5-9(7)11;1-5(2)7-6(3)4/h6-8H,2-5H2,1H3;5-7H,1-4H3. The molecule has 0 saturated heterocycles. The van der Waals surface area contributed by atoms with Crippen LogP contribution < -0.4 is 5.32 Å². The minimum atomic E-state index is -0.123. The van der Waals surface area contributed by atoms with Crippen LogP contribution in [0.15, 0.2) is 0 Å². The number of ketones is 1. The highest BCUT2D eigenvalue weighted by Crippen LogP contribution is 2.43. The van der Waals surface area contributed by atoms with Crippen molar-refractivity contribution in [2.45, 2.75) is 65.5 Å². The highest BCUT2D eigenvalue weighted by molar-refractivity contribution is 5.86. The molecule has 4 nitrogen and oxygen atoms in total. The Balaban J connectivity index is 0.000000246. The fourth-order valence-electron chi connectivity index (χ4n) is 3.30. The van der Waals surface area contributed by atoms with Gasteiger partial charge in [-0.15, -0.1) is 0 Å². The molecule has 3 aliphatic carbocycles. The summed E-state index contributed by atoms with van der Waals surface area (Å²) in [6, 6.07) is 1.25. The van der Waals surface area contributed by atoms with Gasteiger partial charge in [0.1, 0.15) is 5.78 Å². The molecule has 2 bridgehead atoms. The summed E-state index contributed by atoms with van der Waals surface area (Å²) in [5, 5.41) is 3.31. The van der Waals surface area contributed by atoms with Gasteiger partial charge in [0.05, 0.1) is 13.0 Å². The molecule has 3 aliphatic rings. The molecule has 3 fully saturated rings. The molecule has 0 amide bonds. The summed E-state index contributed by atoms with van der Waals surface area (Å²) >= 11 is 0. The number of carbonyl (C=O) groups is 2. The highest BCUT2D eigenvalue weighted by Gasteiger charge is 2.44. The van der Waals surface area contributed by atoms with E-state index in [1.807, 2.05) is 0 Å². The summed E-state index contributed by atoms with van der Waals surface area (Å²) in [5.74, 6) is 0.652. The number of ether oxygens (including phenoxy) is 1. The fourth-order valence-corrected chi connectivity index (χ4v) is 3.30. The zero-order valence-corrected chi connectivity index (χ0v) is 13.4. The van der Waals surface area contributed by atoms with Crippen molar-refractivity contribution in [3.05, 3.63) is 0 Å². The van der Waals surface area contributed by atoms with E-state index >= 15 is 0 Å². The maximum Gasteiger partial charge on any atom is 0.308 e. The smallest absolute Gasteiger partial charge is 0.308 e. The molecule has 3 rings (SSSR count). The summed E-state index contributed by atoms with van der Waals surface area (Å²) in [6.45, 7) is 8.61. The topological polar surface area (TPSA) is 55.4 Å². The third kappa shape index (κ3) is 4.89. The third-order valence-electron chi connectivity index (χ3n) is 4.08. The van der Waals surface area contributed by atoms with Gasteiger partial charge in [0.2, 0.25) is 0 Å². The lowest BCUT2D eigenvalue weighted by atomic mass is 9.64. The lowest BCUT2D eigenvalue weighted by molar-refractivity contribution is -0.153. The molecule has 0 spiro atoms. The van der Waals surface area contributed by atoms with Crippen molar-refractivity contribution in [2.24, 2.45) is 17.8 Å². The van der Waals surface area contributed by atoms with Crippen LogP contribution in [-0.2, 0) is 14.3 Å². The summed E-state index contributed by atoms with van der Waals surface area (Å²) in [4.78, 5) is 22.7. The molecule has 1 N–H and O–H groups in total. The summed E-state index contributed by atoms with van der Waals surface area (Å²) < 4.78 is 4.73. The Morgan fingerprint density at radius 1 is 1.20 bits per heavy atom. The maximum absolute atomic E-state index is 11.4. The molecule has 0 heterocycles. The minimum absolute atomic E-state index is 0.00134. The summed E-state index contributed by atoms with van der Waals surface area (Å²) in [6.07, 6.45) is 3.34. The number of methoxy groups -OCH3 is 1. The number of carbonyl (C=O) groups excluding carboxylic acids is 2. The zero-order chi connectivity index (χ0) is 15.3. The summed E-state index contributed by atoms with van der Waals surface area (Å²) in [5.41, 5.74) is 0. The molecular weight excluding hydrogens is 254 g/mol. The second-order valence-corrected chi connectivity index (χ2v) is 6.55. The van der Waals surface area contributed by atoms with E-state index in [4.69, 9.17) is 4.74 Å². The molecule has 4 heteroatoms. The van der Waals surface area contributed by atoms with E-state index in [0.717, 1.165) is 19.3 Å². The van der Waals surface area contributed by atoms with Crippen molar-refractivity contribution in [3.8, 4) is 0 Å². The average Bonchev–Trinajstić information content (AvgIpc) is 2.37. The van der Waals surface area contributed by atoms with Gasteiger partial charge in [-0.2, -0.15) is 0 Å². The molecule has 0 aromatic heterocycles. The molecule has 0 aliphatic heterocycles. The van der Waals surface area contributed by atoms with Crippen LogP contribution in [0.4, 0.5) is 0 Å². The molecule has 3 atom stereocenters. The minimum Gasteiger partial charge on any atom is -0.469 e. The first kappa shape index (κ1) is 17.2. The van der Waals surface area contributed by atoms with E-state index in [2.05, 4.69) is 33.0 Å². The van der Waals surface area contributed by atoms with Crippen LogP contribution in [0.1, 0.15) is 53.4 Å². The predicted molar refractivity (Wildman–Crippen MR) is 79.4 cm³/mol. The van der Waals surface area contributed by atoms with Crippen LogP contribution in [0.5, 0.6) is 0 Å². The quantitative estimate of drug-likeness (QED) is 0.809. The van der Waals surface area contributed by atoms with Gasteiger partial charge in [0, 0.05) is 24.4 Å². The molecule has 3 unspecified atom stereocenters. The van der Waals surface area contributed by atoms with Gasteiger partial charge in [0.15, 0.2) is 0 Å². The number of rotatable bonds is 3. The zero-order valence-electron chi connectivity index (χ0n) is 13.4. The van der Waals surface area contributed by atoms with E-state index in [0.29, 0.717) is 24.3 Å². The van der Waals surface area contributed by atoms with Gasteiger partial charge < -0.3 is 10.1 Å². The fraction of sp³-hybridized carbons (Fsp3) is 0.875. The Labute approximate surface area is 122 Å². The van der Waals surface area contributed by atoms with E-state index in [-0.39, 0.29) is 23.7 Å². The lowest BCUT2D eigenvalue weighted by Gasteiger charge is -2.39. The van der Waals surface area contributed by atoms with Crippen molar-refractivity contribution in [1.82, 2.24) is 5.32 Å². The molecule has 116 valence electrons. The number of esters is 1. The van der Waals surface area contributed by atoms with Crippen LogP contribution in [0, 0.1) is 17.8 Å². The number of fused-ring (bicyclic) bond motifs is 3. The second kappa shape index (κ2) is 7.77. The van der Waals surface area contributed by atoms with Crippen molar-refractivity contribution >= 4 is 11.8 Å². The van der Waals surface area contributed by atoms with Crippen molar-refractivity contribution in [1.29, 1.82) is 0 Å². The first-order valence-corrected chi connectivity index (χ1v) is 7.71. The Morgan fingerprint density at radius 2 is 1.80 bits per heavy atom. The van der Waals surface area contributed by atoms with Gasteiger partial charge in [-0.3, -0.25) is 9.59 Å². The van der Waals surface area contributed by atoms with E-state index < -0.39 is 0 Å².